The van der Waals surface area contributed by atoms with E-state index < -0.39 is 11.2 Å². The molecule has 1 rings (SSSR count). The molecule has 0 aliphatic heterocycles. The number of hydrogen-bond acceptors (Lipinski definition) is 3. The molecule has 0 radical (unpaired) electrons. The summed E-state index contributed by atoms with van der Waals surface area (Å²) in [5.74, 6) is 0.458. The highest BCUT2D eigenvalue weighted by atomic mass is 16.5. The lowest BCUT2D eigenvalue weighted by molar-refractivity contribution is -0.127. The first kappa shape index (κ1) is 18.9. The molecular weight excluding hydrogens is 264 g/mol. The molecule has 21 heavy (non-hydrogen) atoms. The quantitative estimate of drug-likeness (QED) is 0.714. The van der Waals surface area contributed by atoms with Gasteiger partial charge in [0.05, 0.1) is 17.3 Å². The van der Waals surface area contributed by atoms with Crippen LogP contribution in [0.2, 0.25) is 0 Å². The maximum atomic E-state index is 10.9. The van der Waals surface area contributed by atoms with Gasteiger partial charge in [-0.1, -0.05) is 27.7 Å². The van der Waals surface area contributed by atoms with Crippen LogP contribution in [0.5, 0.6) is 0 Å². The van der Waals surface area contributed by atoms with E-state index in [0.717, 1.165) is 44.9 Å². The molecule has 2 unspecified atom stereocenters. The summed E-state index contributed by atoms with van der Waals surface area (Å²) >= 11 is 0. The van der Waals surface area contributed by atoms with Crippen molar-refractivity contribution in [2.24, 2.45) is 11.8 Å². The van der Waals surface area contributed by atoms with Gasteiger partial charge in [0, 0.05) is 6.61 Å². The van der Waals surface area contributed by atoms with Gasteiger partial charge in [-0.05, 0) is 63.7 Å². The number of ether oxygens (including phenoxy) is 1. The van der Waals surface area contributed by atoms with Gasteiger partial charge in [-0.3, -0.25) is 0 Å². The van der Waals surface area contributed by atoms with Crippen molar-refractivity contribution >= 4 is 0 Å². The second-order valence-electron chi connectivity index (χ2n) is 6.80. The third-order valence-electron chi connectivity index (χ3n) is 6.04. The Bertz CT molecular complexity index is 269. The molecule has 2 atom stereocenters. The summed E-state index contributed by atoms with van der Waals surface area (Å²) in [5.41, 5.74) is -1.23. The van der Waals surface area contributed by atoms with Crippen molar-refractivity contribution in [3.05, 3.63) is 0 Å². The van der Waals surface area contributed by atoms with Crippen molar-refractivity contribution in [1.82, 2.24) is 0 Å². The summed E-state index contributed by atoms with van der Waals surface area (Å²) in [6, 6.07) is 0. The molecule has 0 spiro atoms. The maximum absolute atomic E-state index is 10.9. The van der Waals surface area contributed by atoms with Crippen LogP contribution >= 0.6 is 0 Å². The molecule has 1 aliphatic rings. The molecule has 0 bridgehead atoms. The third kappa shape index (κ3) is 4.20. The van der Waals surface area contributed by atoms with Crippen LogP contribution in [0.3, 0.4) is 0 Å². The fourth-order valence-electron chi connectivity index (χ4n) is 4.17. The molecule has 1 fully saturated rings. The smallest absolute Gasteiger partial charge is 0.0671 e. The standard InChI is InChI=1S/C18H36O3/c1-6-17(19,7-2)14-11-15(18(20,8-3)9-4)13-16(12-14)21-10-5/h14-16,19-20H,6-13H2,1-5H3. The van der Waals surface area contributed by atoms with Crippen molar-refractivity contribution in [3.63, 3.8) is 0 Å². The minimum atomic E-state index is -0.615. The zero-order valence-electron chi connectivity index (χ0n) is 14.7. The Hall–Kier alpha value is -0.120. The van der Waals surface area contributed by atoms with E-state index in [1.54, 1.807) is 0 Å². The average molecular weight is 300 g/mol. The van der Waals surface area contributed by atoms with E-state index in [1.165, 1.54) is 0 Å². The van der Waals surface area contributed by atoms with E-state index in [2.05, 4.69) is 27.7 Å². The zero-order valence-corrected chi connectivity index (χ0v) is 14.7. The summed E-state index contributed by atoms with van der Waals surface area (Å²) < 4.78 is 5.89. The minimum absolute atomic E-state index is 0.174. The van der Waals surface area contributed by atoms with Gasteiger partial charge < -0.3 is 14.9 Å². The molecular formula is C18H36O3. The molecule has 0 amide bonds. The van der Waals surface area contributed by atoms with Crippen LogP contribution in [0.25, 0.3) is 0 Å². The van der Waals surface area contributed by atoms with E-state index in [1.807, 2.05) is 6.92 Å². The third-order valence-corrected chi connectivity index (χ3v) is 6.04. The van der Waals surface area contributed by atoms with E-state index in [-0.39, 0.29) is 17.9 Å². The van der Waals surface area contributed by atoms with Crippen molar-refractivity contribution in [1.29, 1.82) is 0 Å². The highest BCUT2D eigenvalue weighted by molar-refractivity contribution is 4.97. The van der Waals surface area contributed by atoms with Gasteiger partial charge in [-0.15, -0.1) is 0 Å². The molecule has 0 heterocycles. The summed E-state index contributed by atoms with van der Waals surface area (Å²) in [6.45, 7) is 11.0. The minimum Gasteiger partial charge on any atom is -0.390 e. The first-order valence-electron chi connectivity index (χ1n) is 8.95. The first-order valence-corrected chi connectivity index (χ1v) is 8.95. The molecule has 0 saturated heterocycles. The van der Waals surface area contributed by atoms with Crippen LogP contribution in [-0.4, -0.2) is 34.1 Å². The Balaban J connectivity index is 2.96. The van der Waals surface area contributed by atoms with E-state index >= 15 is 0 Å². The van der Waals surface area contributed by atoms with E-state index in [4.69, 9.17) is 4.74 Å². The Morgan fingerprint density at radius 2 is 1.14 bits per heavy atom. The topological polar surface area (TPSA) is 49.7 Å². The van der Waals surface area contributed by atoms with Gasteiger partial charge in [0.2, 0.25) is 0 Å². The summed E-state index contributed by atoms with van der Waals surface area (Å²) in [4.78, 5) is 0. The summed E-state index contributed by atoms with van der Waals surface area (Å²) in [7, 11) is 0. The lowest BCUT2D eigenvalue weighted by atomic mass is 9.64. The van der Waals surface area contributed by atoms with Crippen molar-refractivity contribution in [2.45, 2.75) is 96.9 Å². The zero-order chi connectivity index (χ0) is 16.1. The van der Waals surface area contributed by atoms with Crippen LogP contribution in [0.1, 0.15) is 79.6 Å². The second-order valence-corrected chi connectivity index (χ2v) is 6.80. The molecule has 1 saturated carbocycles. The lowest BCUT2D eigenvalue weighted by Gasteiger charge is -2.47. The van der Waals surface area contributed by atoms with Gasteiger partial charge in [0.1, 0.15) is 0 Å². The lowest BCUT2D eigenvalue weighted by Crippen LogP contribution is -2.49. The number of aliphatic hydroxyl groups is 2. The summed E-state index contributed by atoms with van der Waals surface area (Å²) in [6.07, 6.45) is 6.03. The van der Waals surface area contributed by atoms with E-state index in [0.29, 0.717) is 6.61 Å². The molecule has 0 aromatic rings. The Morgan fingerprint density at radius 1 is 0.762 bits per heavy atom. The Labute approximate surface area is 131 Å². The van der Waals surface area contributed by atoms with Crippen molar-refractivity contribution < 1.29 is 14.9 Å². The van der Waals surface area contributed by atoms with Crippen LogP contribution in [0.4, 0.5) is 0 Å². The normalized spacial score (nSPS) is 27.9. The highest BCUT2D eigenvalue weighted by Crippen LogP contribution is 2.45. The predicted molar refractivity (Wildman–Crippen MR) is 87.3 cm³/mol. The van der Waals surface area contributed by atoms with E-state index in [9.17, 15) is 10.2 Å². The SMILES string of the molecule is CCOC1CC(C(O)(CC)CC)CC(C(O)(CC)CC)C1. The molecule has 2 N–H and O–H groups in total. The fourth-order valence-corrected chi connectivity index (χ4v) is 4.17. The predicted octanol–water partition coefficient (Wildman–Crippen LogP) is 3.91. The molecule has 0 aromatic carbocycles. The van der Waals surface area contributed by atoms with Gasteiger partial charge >= 0.3 is 0 Å². The van der Waals surface area contributed by atoms with Crippen molar-refractivity contribution in [2.75, 3.05) is 6.61 Å². The molecule has 3 nitrogen and oxygen atoms in total. The Kier molecular flexibility index (Phi) is 7.15. The monoisotopic (exact) mass is 300 g/mol. The fraction of sp³-hybridized carbons (Fsp3) is 1.00. The number of rotatable bonds is 8. The number of hydrogen-bond donors (Lipinski definition) is 2. The average Bonchev–Trinajstić information content (AvgIpc) is 2.53. The molecule has 126 valence electrons. The van der Waals surface area contributed by atoms with Gasteiger partial charge in [0.15, 0.2) is 0 Å². The largest absolute Gasteiger partial charge is 0.390 e. The maximum Gasteiger partial charge on any atom is 0.0671 e. The van der Waals surface area contributed by atoms with Crippen LogP contribution in [0, 0.1) is 11.8 Å². The summed E-state index contributed by atoms with van der Waals surface area (Å²) in [5, 5.41) is 21.9. The van der Waals surface area contributed by atoms with Gasteiger partial charge in [0.25, 0.3) is 0 Å². The molecule has 3 heteroatoms. The molecule has 1 aliphatic carbocycles. The van der Waals surface area contributed by atoms with Crippen LogP contribution in [-0.2, 0) is 4.74 Å². The molecule has 0 aromatic heterocycles. The van der Waals surface area contributed by atoms with Gasteiger partial charge in [-0.2, -0.15) is 0 Å². The second kappa shape index (κ2) is 7.94. The van der Waals surface area contributed by atoms with Crippen molar-refractivity contribution in [3.8, 4) is 0 Å². The Morgan fingerprint density at radius 3 is 1.43 bits per heavy atom. The van der Waals surface area contributed by atoms with Crippen LogP contribution < -0.4 is 0 Å². The van der Waals surface area contributed by atoms with Crippen LogP contribution in [0.15, 0.2) is 0 Å². The first-order chi connectivity index (χ1) is 9.88. The van der Waals surface area contributed by atoms with Gasteiger partial charge in [-0.25, -0.2) is 0 Å². The highest BCUT2D eigenvalue weighted by Gasteiger charge is 2.45.